The summed E-state index contributed by atoms with van der Waals surface area (Å²) in [6.07, 6.45) is 1.17. The molecule has 0 aliphatic carbocycles. The SMILES string of the molecule is CCCNCc1ccc(SCc2ccc(Br)cc2Cl)cc1. The summed E-state index contributed by atoms with van der Waals surface area (Å²) in [6.45, 7) is 4.19. The molecule has 1 N–H and O–H groups in total. The molecule has 0 spiro atoms. The van der Waals surface area contributed by atoms with Gasteiger partial charge < -0.3 is 5.32 Å². The minimum atomic E-state index is 0.817. The molecule has 2 aromatic rings. The number of halogens is 2. The van der Waals surface area contributed by atoms with Gasteiger partial charge in [0, 0.05) is 26.7 Å². The molecule has 0 saturated heterocycles. The van der Waals surface area contributed by atoms with E-state index in [-0.39, 0.29) is 0 Å². The second kappa shape index (κ2) is 8.84. The van der Waals surface area contributed by atoms with E-state index >= 15 is 0 Å². The number of hydrogen-bond acceptors (Lipinski definition) is 2. The lowest BCUT2D eigenvalue weighted by atomic mass is 10.2. The van der Waals surface area contributed by atoms with E-state index in [4.69, 9.17) is 11.6 Å². The van der Waals surface area contributed by atoms with Gasteiger partial charge in [-0.15, -0.1) is 11.8 Å². The molecule has 0 amide bonds. The molecule has 0 radical (unpaired) electrons. The van der Waals surface area contributed by atoms with E-state index in [1.807, 2.05) is 23.9 Å². The van der Waals surface area contributed by atoms with Crippen LogP contribution in [0.25, 0.3) is 0 Å². The third kappa shape index (κ3) is 5.67. The topological polar surface area (TPSA) is 12.0 Å². The Morgan fingerprint density at radius 2 is 1.90 bits per heavy atom. The summed E-state index contributed by atoms with van der Waals surface area (Å²) in [7, 11) is 0. The van der Waals surface area contributed by atoms with Crippen LogP contribution in [-0.4, -0.2) is 6.54 Å². The number of nitrogens with one attached hydrogen (secondary N) is 1. The van der Waals surface area contributed by atoms with E-state index in [1.54, 1.807) is 0 Å². The zero-order valence-corrected chi connectivity index (χ0v) is 15.2. The predicted molar refractivity (Wildman–Crippen MR) is 97.2 cm³/mol. The van der Waals surface area contributed by atoms with Crippen LogP contribution in [0.4, 0.5) is 0 Å². The van der Waals surface area contributed by atoms with E-state index in [0.29, 0.717) is 0 Å². The molecule has 0 aliphatic rings. The molecule has 0 heterocycles. The third-order valence-corrected chi connectivity index (χ3v) is 4.99. The first-order chi connectivity index (χ1) is 10.2. The van der Waals surface area contributed by atoms with Gasteiger partial charge in [-0.05, 0) is 48.4 Å². The molecule has 0 aromatic heterocycles. The van der Waals surface area contributed by atoms with Crippen LogP contribution in [0.1, 0.15) is 24.5 Å². The monoisotopic (exact) mass is 383 g/mol. The summed E-state index contributed by atoms with van der Waals surface area (Å²) in [4.78, 5) is 1.27. The number of rotatable bonds is 7. The molecule has 1 nitrogen and oxygen atoms in total. The van der Waals surface area contributed by atoms with Gasteiger partial charge >= 0.3 is 0 Å². The summed E-state index contributed by atoms with van der Waals surface area (Å²) in [5, 5.41) is 4.23. The highest BCUT2D eigenvalue weighted by atomic mass is 79.9. The summed E-state index contributed by atoms with van der Waals surface area (Å²) in [6, 6.07) is 14.8. The zero-order chi connectivity index (χ0) is 15.1. The van der Waals surface area contributed by atoms with Gasteiger partial charge in [0.1, 0.15) is 0 Å². The highest BCUT2D eigenvalue weighted by molar-refractivity contribution is 9.10. The summed E-state index contributed by atoms with van der Waals surface area (Å²) in [5.41, 5.74) is 2.49. The second-order valence-corrected chi connectivity index (χ2v) is 7.22. The first-order valence-electron chi connectivity index (χ1n) is 7.05. The van der Waals surface area contributed by atoms with Crippen LogP contribution in [0.15, 0.2) is 51.8 Å². The Morgan fingerprint density at radius 3 is 2.57 bits per heavy atom. The van der Waals surface area contributed by atoms with Crippen molar-refractivity contribution >= 4 is 39.3 Å². The maximum atomic E-state index is 6.24. The molecule has 0 aliphatic heterocycles. The first-order valence-corrected chi connectivity index (χ1v) is 9.21. The van der Waals surface area contributed by atoms with Gasteiger partial charge in [-0.2, -0.15) is 0 Å². The van der Waals surface area contributed by atoms with Crippen molar-refractivity contribution in [3.05, 3.63) is 63.1 Å². The third-order valence-electron chi connectivity index (χ3n) is 3.09. The van der Waals surface area contributed by atoms with Crippen molar-refractivity contribution in [1.29, 1.82) is 0 Å². The van der Waals surface area contributed by atoms with Crippen LogP contribution in [-0.2, 0) is 12.3 Å². The van der Waals surface area contributed by atoms with Crippen molar-refractivity contribution in [2.24, 2.45) is 0 Å². The van der Waals surface area contributed by atoms with Gasteiger partial charge in [0.25, 0.3) is 0 Å². The van der Waals surface area contributed by atoms with Crippen LogP contribution in [0.5, 0.6) is 0 Å². The minimum absolute atomic E-state index is 0.817. The molecule has 0 atom stereocenters. The fraction of sp³-hybridized carbons (Fsp3) is 0.294. The average molecular weight is 385 g/mol. The molecule has 0 unspecified atom stereocenters. The van der Waals surface area contributed by atoms with Gasteiger partial charge in [0.05, 0.1) is 0 Å². The Bertz CT molecular complexity index is 572. The van der Waals surface area contributed by atoms with Crippen LogP contribution >= 0.6 is 39.3 Å². The van der Waals surface area contributed by atoms with Crippen LogP contribution < -0.4 is 5.32 Å². The largest absolute Gasteiger partial charge is 0.313 e. The molecular weight excluding hydrogens is 366 g/mol. The molecule has 2 rings (SSSR count). The van der Waals surface area contributed by atoms with Crippen molar-refractivity contribution in [3.8, 4) is 0 Å². The maximum absolute atomic E-state index is 6.24. The van der Waals surface area contributed by atoms with Gasteiger partial charge in [0.2, 0.25) is 0 Å². The van der Waals surface area contributed by atoms with Crippen molar-refractivity contribution in [3.63, 3.8) is 0 Å². The van der Waals surface area contributed by atoms with E-state index in [1.165, 1.54) is 22.4 Å². The molecule has 0 saturated carbocycles. The van der Waals surface area contributed by atoms with Gasteiger partial charge in [-0.1, -0.05) is 52.7 Å². The number of hydrogen-bond donors (Lipinski definition) is 1. The van der Waals surface area contributed by atoms with E-state index < -0.39 is 0 Å². The molecule has 4 heteroatoms. The molecule has 2 aromatic carbocycles. The lowest BCUT2D eigenvalue weighted by Gasteiger charge is -2.07. The maximum Gasteiger partial charge on any atom is 0.0457 e. The Labute approximate surface area is 144 Å². The molecule has 112 valence electrons. The van der Waals surface area contributed by atoms with E-state index in [9.17, 15) is 0 Å². The Morgan fingerprint density at radius 1 is 1.14 bits per heavy atom. The number of thioether (sulfide) groups is 1. The van der Waals surface area contributed by atoms with Crippen LogP contribution in [0.2, 0.25) is 5.02 Å². The predicted octanol–water partition coefficient (Wildman–Crippen LogP) is 5.89. The first kappa shape index (κ1) is 16.9. The molecular formula is C17H19BrClNS. The smallest absolute Gasteiger partial charge is 0.0457 e. The Hall–Kier alpha value is -0.480. The van der Waals surface area contributed by atoms with Crippen molar-refractivity contribution in [1.82, 2.24) is 5.32 Å². The Kier molecular flexibility index (Phi) is 7.11. The molecule has 0 fully saturated rings. The highest BCUT2D eigenvalue weighted by Gasteiger charge is 2.02. The lowest BCUT2D eigenvalue weighted by molar-refractivity contribution is 0.675. The van der Waals surface area contributed by atoms with Crippen molar-refractivity contribution in [2.45, 2.75) is 30.5 Å². The van der Waals surface area contributed by atoms with Gasteiger partial charge in [0.15, 0.2) is 0 Å². The van der Waals surface area contributed by atoms with Gasteiger partial charge in [-0.25, -0.2) is 0 Å². The van der Waals surface area contributed by atoms with E-state index in [0.717, 1.165) is 28.3 Å². The zero-order valence-electron chi connectivity index (χ0n) is 12.0. The fourth-order valence-electron chi connectivity index (χ4n) is 1.91. The Balaban J connectivity index is 1.88. The average Bonchev–Trinajstić information content (AvgIpc) is 2.48. The van der Waals surface area contributed by atoms with E-state index in [2.05, 4.69) is 58.5 Å². The summed E-state index contributed by atoms with van der Waals surface area (Å²) < 4.78 is 1.02. The van der Waals surface area contributed by atoms with Crippen LogP contribution in [0, 0.1) is 0 Å². The summed E-state index contributed by atoms with van der Waals surface area (Å²) in [5.74, 6) is 0.888. The quantitative estimate of drug-likeness (QED) is 0.471. The summed E-state index contributed by atoms with van der Waals surface area (Å²) >= 11 is 11.5. The fourth-order valence-corrected chi connectivity index (χ4v) is 3.63. The standard InChI is InChI=1S/C17H19BrClNS/c1-2-9-20-11-13-3-7-16(8-4-13)21-12-14-5-6-15(18)10-17(14)19/h3-8,10,20H,2,9,11-12H2,1H3. The highest BCUT2D eigenvalue weighted by Crippen LogP contribution is 2.28. The van der Waals surface area contributed by atoms with Crippen molar-refractivity contribution < 1.29 is 0 Å². The van der Waals surface area contributed by atoms with Crippen LogP contribution in [0.3, 0.4) is 0 Å². The van der Waals surface area contributed by atoms with Crippen molar-refractivity contribution in [2.75, 3.05) is 6.54 Å². The van der Waals surface area contributed by atoms with Gasteiger partial charge in [-0.3, -0.25) is 0 Å². The minimum Gasteiger partial charge on any atom is -0.313 e. The molecule has 0 bridgehead atoms. The molecule has 21 heavy (non-hydrogen) atoms. The lowest BCUT2D eigenvalue weighted by Crippen LogP contribution is -2.13. The second-order valence-electron chi connectivity index (χ2n) is 4.85. The number of benzene rings is 2. The normalized spacial score (nSPS) is 10.8.